The van der Waals surface area contributed by atoms with Gasteiger partial charge < -0.3 is 24.8 Å². The Hall–Kier alpha value is -2.51. The first kappa shape index (κ1) is 21.8. The van der Waals surface area contributed by atoms with Crippen molar-refractivity contribution in [2.45, 2.75) is 19.4 Å². The van der Waals surface area contributed by atoms with Gasteiger partial charge in [0.05, 0.1) is 43.6 Å². The second-order valence-corrected chi connectivity index (χ2v) is 6.68. The molecule has 0 saturated carbocycles. The zero-order chi connectivity index (χ0) is 20.7. The van der Waals surface area contributed by atoms with Gasteiger partial charge in [0.1, 0.15) is 0 Å². The van der Waals surface area contributed by atoms with Gasteiger partial charge in [-0.1, -0.05) is 24.6 Å². The van der Waals surface area contributed by atoms with Crippen molar-refractivity contribution in [3.05, 3.63) is 52.5 Å². The van der Waals surface area contributed by atoms with Crippen LogP contribution in [0.25, 0.3) is 0 Å². The van der Waals surface area contributed by atoms with Gasteiger partial charge in [0.25, 0.3) is 0 Å². The van der Waals surface area contributed by atoms with Crippen LogP contribution in [0.1, 0.15) is 35.3 Å². The smallest absolute Gasteiger partial charge is 0.337 e. The van der Waals surface area contributed by atoms with Gasteiger partial charge in [-0.2, -0.15) is 0 Å². The van der Waals surface area contributed by atoms with Crippen LogP contribution in [0.4, 0.5) is 5.69 Å². The fourth-order valence-corrected chi connectivity index (χ4v) is 3.09. The van der Waals surface area contributed by atoms with Crippen LogP contribution in [0.15, 0.2) is 36.4 Å². The van der Waals surface area contributed by atoms with Crippen LogP contribution >= 0.6 is 23.8 Å². The Labute approximate surface area is 175 Å². The highest BCUT2D eigenvalue weighted by molar-refractivity contribution is 7.80. The van der Waals surface area contributed by atoms with E-state index in [0.29, 0.717) is 32.9 Å². The first-order valence-corrected chi connectivity index (χ1v) is 9.39. The monoisotopic (exact) mass is 422 g/mol. The van der Waals surface area contributed by atoms with E-state index < -0.39 is 5.97 Å². The number of esters is 1. The summed E-state index contributed by atoms with van der Waals surface area (Å²) in [7, 11) is 4.52. The lowest BCUT2D eigenvalue weighted by molar-refractivity contribution is 0.0601. The molecular formula is C20H23ClN2O4S. The summed E-state index contributed by atoms with van der Waals surface area (Å²) in [6.45, 7) is 2.04. The number of methoxy groups -OCH3 is 3. The lowest BCUT2D eigenvalue weighted by atomic mass is 10.0. The summed E-state index contributed by atoms with van der Waals surface area (Å²) < 4.78 is 15.4. The van der Waals surface area contributed by atoms with Crippen molar-refractivity contribution in [1.82, 2.24) is 5.32 Å². The Morgan fingerprint density at radius 1 is 1.11 bits per heavy atom. The number of hydrogen-bond acceptors (Lipinski definition) is 5. The minimum atomic E-state index is -0.449. The zero-order valence-corrected chi connectivity index (χ0v) is 17.7. The lowest BCUT2D eigenvalue weighted by Crippen LogP contribution is -2.32. The number of rotatable bonds is 7. The fraction of sp³-hybridized carbons (Fsp3) is 0.300. The third kappa shape index (κ3) is 5.27. The van der Waals surface area contributed by atoms with Crippen molar-refractivity contribution in [3.63, 3.8) is 0 Å². The molecule has 0 fully saturated rings. The molecule has 0 aliphatic heterocycles. The molecule has 0 amide bonds. The molecular weight excluding hydrogens is 400 g/mol. The van der Waals surface area contributed by atoms with E-state index in [1.807, 2.05) is 25.1 Å². The summed E-state index contributed by atoms with van der Waals surface area (Å²) in [4.78, 5) is 11.7. The Bertz CT molecular complexity index is 860. The number of carbonyl (C=O) groups excluding carboxylic acids is 1. The highest BCUT2D eigenvalue weighted by Gasteiger charge is 2.15. The highest BCUT2D eigenvalue weighted by atomic mass is 35.5. The van der Waals surface area contributed by atoms with Gasteiger partial charge in [0, 0.05) is 0 Å². The minimum absolute atomic E-state index is 0.0534. The molecule has 1 unspecified atom stereocenters. The van der Waals surface area contributed by atoms with Crippen LogP contribution in [0.5, 0.6) is 11.5 Å². The molecule has 2 aromatic rings. The van der Waals surface area contributed by atoms with Crippen LogP contribution in [0.2, 0.25) is 5.02 Å². The molecule has 2 N–H and O–H groups in total. The Kier molecular flexibility index (Phi) is 7.90. The average Bonchev–Trinajstić information content (AvgIpc) is 2.72. The Morgan fingerprint density at radius 3 is 2.43 bits per heavy atom. The molecule has 0 aliphatic rings. The summed E-state index contributed by atoms with van der Waals surface area (Å²) in [5.41, 5.74) is 1.90. The van der Waals surface area contributed by atoms with E-state index in [1.54, 1.807) is 32.4 Å². The minimum Gasteiger partial charge on any atom is -0.493 e. The van der Waals surface area contributed by atoms with E-state index in [4.69, 9.17) is 38.0 Å². The summed E-state index contributed by atoms with van der Waals surface area (Å²) in [5.74, 6) is 0.858. The van der Waals surface area contributed by atoms with E-state index in [9.17, 15) is 4.79 Å². The van der Waals surface area contributed by atoms with E-state index in [0.717, 1.165) is 12.0 Å². The molecule has 6 nitrogen and oxygen atoms in total. The number of halogens is 1. The van der Waals surface area contributed by atoms with Gasteiger partial charge in [-0.15, -0.1) is 0 Å². The third-order valence-electron chi connectivity index (χ3n) is 4.16. The van der Waals surface area contributed by atoms with Crippen molar-refractivity contribution in [2.75, 3.05) is 26.6 Å². The summed E-state index contributed by atoms with van der Waals surface area (Å²) in [6.07, 6.45) is 0.785. The van der Waals surface area contributed by atoms with Crippen LogP contribution < -0.4 is 20.1 Å². The Morgan fingerprint density at radius 2 is 1.82 bits per heavy atom. The van der Waals surface area contributed by atoms with Crippen LogP contribution in [0.3, 0.4) is 0 Å². The molecule has 0 radical (unpaired) electrons. The number of hydrogen-bond donors (Lipinski definition) is 2. The maximum atomic E-state index is 11.7. The quantitative estimate of drug-likeness (QED) is 0.499. The number of thiocarbonyl (C=S) groups is 1. The van der Waals surface area contributed by atoms with E-state index >= 15 is 0 Å². The third-order valence-corrected chi connectivity index (χ3v) is 4.71. The molecule has 0 aliphatic carbocycles. The van der Waals surface area contributed by atoms with E-state index in [1.165, 1.54) is 7.11 Å². The van der Waals surface area contributed by atoms with E-state index in [-0.39, 0.29) is 6.04 Å². The molecule has 1 atom stereocenters. The van der Waals surface area contributed by atoms with Crippen LogP contribution in [-0.2, 0) is 4.74 Å². The molecule has 150 valence electrons. The van der Waals surface area contributed by atoms with Gasteiger partial charge in [0.15, 0.2) is 16.6 Å². The Balaban J connectivity index is 2.16. The molecule has 2 rings (SSSR count). The van der Waals surface area contributed by atoms with E-state index in [2.05, 4.69) is 10.6 Å². The molecule has 0 spiro atoms. The lowest BCUT2D eigenvalue weighted by Gasteiger charge is -2.21. The molecule has 0 saturated heterocycles. The summed E-state index contributed by atoms with van der Waals surface area (Å²) in [5, 5.41) is 7.12. The van der Waals surface area contributed by atoms with Gasteiger partial charge in [-0.25, -0.2) is 4.79 Å². The zero-order valence-electron chi connectivity index (χ0n) is 16.2. The number of nitrogens with one attached hydrogen (secondary N) is 2. The highest BCUT2D eigenvalue weighted by Crippen LogP contribution is 2.31. The number of ether oxygens (including phenoxy) is 3. The topological polar surface area (TPSA) is 68.8 Å². The normalized spacial score (nSPS) is 11.3. The second-order valence-electron chi connectivity index (χ2n) is 5.86. The van der Waals surface area contributed by atoms with Crippen molar-refractivity contribution >= 4 is 40.6 Å². The van der Waals surface area contributed by atoms with Gasteiger partial charge in [-0.05, 0) is 54.5 Å². The van der Waals surface area contributed by atoms with Crippen molar-refractivity contribution in [1.29, 1.82) is 0 Å². The van der Waals surface area contributed by atoms with Gasteiger partial charge in [-0.3, -0.25) is 0 Å². The SMILES string of the molecule is CCC(NC(=S)Nc1cc(C(=O)OC)ccc1Cl)c1ccc(OC)c(OC)c1. The number of anilines is 1. The first-order chi connectivity index (χ1) is 13.4. The molecule has 0 bridgehead atoms. The maximum Gasteiger partial charge on any atom is 0.337 e. The predicted molar refractivity (Wildman–Crippen MR) is 115 cm³/mol. The average molecular weight is 423 g/mol. The van der Waals surface area contributed by atoms with Gasteiger partial charge >= 0.3 is 5.97 Å². The number of benzene rings is 2. The summed E-state index contributed by atoms with van der Waals surface area (Å²) >= 11 is 11.6. The van der Waals surface area contributed by atoms with Gasteiger partial charge in [0.2, 0.25) is 0 Å². The summed E-state index contributed by atoms with van der Waals surface area (Å²) in [6, 6.07) is 10.5. The predicted octanol–water partition coefficient (Wildman–Crippen LogP) is 4.58. The molecule has 28 heavy (non-hydrogen) atoms. The van der Waals surface area contributed by atoms with Crippen LogP contribution in [-0.4, -0.2) is 32.4 Å². The number of carbonyl (C=O) groups is 1. The molecule has 8 heteroatoms. The van der Waals surface area contributed by atoms with Crippen LogP contribution in [0, 0.1) is 0 Å². The van der Waals surface area contributed by atoms with Crippen molar-refractivity contribution in [3.8, 4) is 11.5 Å². The van der Waals surface area contributed by atoms with Crippen molar-refractivity contribution < 1.29 is 19.0 Å². The standard InChI is InChI=1S/C20H23ClN2O4S/c1-5-15(12-7-9-17(25-2)18(11-12)26-3)22-20(28)23-16-10-13(19(24)27-4)6-8-14(16)21/h6-11,15H,5H2,1-4H3,(H2,22,23,28). The molecule has 0 aromatic heterocycles. The fourth-order valence-electron chi connectivity index (χ4n) is 2.67. The second kappa shape index (κ2) is 10.1. The largest absolute Gasteiger partial charge is 0.493 e. The maximum absolute atomic E-state index is 11.7. The first-order valence-electron chi connectivity index (χ1n) is 8.60. The van der Waals surface area contributed by atoms with Crippen molar-refractivity contribution in [2.24, 2.45) is 0 Å². The molecule has 0 heterocycles. The molecule has 2 aromatic carbocycles.